The highest BCUT2D eigenvalue weighted by Gasteiger charge is 2.17. The number of carbonyl (C=O) groups is 1. The highest BCUT2D eigenvalue weighted by Crippen LogP contribution is 2.15. The number of nitrogens with one attached hydrogen (secondary N) is 1. The van der Waals surface area contributed by atoms with Gasteiger partial charge in [-0.15, -0.1) is 0 Å². The van der Waals surface area contributed by atoms with Crippen molar-refractivity contribution in [1.82, 2.24) is 24.9 Å². The van der Waals surface area contributed by atoms with E-state index in [4.69, 9.17) is 4.42 Å². The van der Waals surface area contributed by atoms with E-state index in [0.717, 1.165) is 23.6 Å². The van der Waals surface area contributed by atoms with Gasteiger partial charge in [-0.3, -0.25) is 14.2 Å². The minimum atomic E-state index is -0.240. The molecule has 0 radical (unpaired) electrons. The molecule has 3 rings (SSSR count). The molecule has 1 N–H and O–H groups in total. The normalized spacial score (nSPS) is 12.3. The van der Waals surface area contributed by atoms with Crippen molar-refractivity contribution in [2.75, 3.05) is 0 Å². The molecule has 1 unspecified atom stereocenters. The fourth-order valence-corrected chi connectivity index (χ4v) is 2.88. The highest BCUT2D eigenvalue weighted by molar-refractivity contribution is 5.91. The molecule has 1 amide bonds. The van der Waals surface area contributed by atoms with Crippen molar-refractivity contribution in [3.05, 3.63) is 59.1 Å². The first-order chi connectivity index (χ1) is 12.0. The molecule has 7 nitrogen and oxygen atoms in total. The van der Waals surface area contributed by atoms with Crippen LogP contribution in [0.3, 0.4) is 0 Å². The molecule has 25 heavy (non-hydrogen) atoms. The predicted molar refractivity (Wildman–Crippen MR) is 93.3 cm³/mol. The smallest absolute Gasteiger partial charge is 0.287 e. The van der Waals surface area contributed by atoms with Crippen molar-refractivity contribution in [1.29, 1.82) is 0 Å². The van der Waals surface area contributed by atoms with E-state index < -0.39 is 0 Å². The molecule has 0 bridgehead atoms. The fourth-order valence-electron chi connectivity index (χ4n) is 2.88. The maximum atomic E-state index is 12.4. The van der Waals surface area contributed by atoms with Crippen molar-refractivity contribution >= 4 is 5.91 Å². The maximum absolute atomic E-state index is 12.4. The zero-order valence-electron chi connectivity index (χ0n) is 15.0. The molecule has 3 aromatic heterocycles. The summed E-state index contributed by atoms with van der Waals surface area (Å²) < 4.78 is 9.41. The van der Waals surface area contributed by atoms with E-state index in [-0.39, 0.29) is 11.9 Å². The van der Waals surface area contributed by atoms with Crippen molar-refractivity contribution in [2.24, 2.45) is 0 Å². The van der Waals surface area contributed by atoms with E-state index in [0.29, 0.717) is 18.1 Å². The Morgan fingerprint density at radius 3 is 2.76 bits per heavy atom. The summed E-state index contributed by atoms with van der Waals surface area (Å²) in [5.41, 5.74) is 2.98. The van der Waals surface area contributed by atoms with Crippen molar-refractivity contribution in [2.45, 2.75) is 46.8 Å². The Labute approximate surface area is 146 Å². The van der Waals surface area contributed by atoms with E-state index in [1.54, 1.807) is 12.3 Å². The summed E-state index contributed by atoms with van der Waals surface area (Å²) in [6.45, 7) is 9.16. The monoisotopic (exact) mass is 341 g/mol. The Bertz CT molecular complexity index is 874. The molecule has 0 aliphatic heterocycles. The molecule has 0 spiro atoms. The van der Waals surface area contributed by atoms with Crippen molar-refractivity contribution in [3.8, 4) is 0 Å². The summed E-state index contributed by atoms with van der Waals surface area (Å²) in [5.74, 6) is 0.754. The highest BCUT2D eigenvalue weighted by atomic mass is 16.4. The molecule has 0 saturated heterocycles. The Morgan fingerprint density at radius 1 is 1.28 bits per heavy atom. The van der Waals surface area contributed by atoms with E-state index in [9.17, 15) is 4.79 Å². The van der Waals surface area contributed by atoms with Crippen LogP contribution < -0.4 is 5.32 Å². The first-order valence-corrected chi connectivity index (χ1v) is 8.40. The first kappa shape index (κ1) is 17.0. The number of hydrogen-bond donors (Lipinski definition) is 1. The van der Waals surface area contributed by atoms with Gasteiger partial charge in [0.25, 0.3) is 5.91 Å². The average Bonchev–Trinajstić information content (AvgIpc) is 3.28. The molecule has 0 aromatic carbocycles. The van der Waals surface area contributed by atoms with Gasteiger partial charge >= 0.3 is 0 Å². The third-order valence-corrected chi connectivity index (χ3v) is 4.13. The Balaban J connectivity index is 1.67. The van der Waals surface area contributed by atoms with E-state index >= 15 is 0 Å². The van der Waals surface area contributed by atoms with Crippen LogP contribution in [0.25, 0.3) is 0 Å². The van der Waals surface area contributed by atoms with Crippen LogP contribution in [0.2, 0.25) is 0 Å². The summed E-state index contributed by atoms with van der Waals surface area (Å²) in [7, 11) is 0. The largest absolute Gasteiger partial charge is 0.454 e. The summed E-state index contributed by atoms with van der Waals surface area (Å²) in [5, 5.41) is 11.6. The number of aryl methyl sites for hydroxylation is 3. The van der Waals surface area contributed by atoms with Gasteiger partial charge in [0.1, 0.15) is 5.76 Å². The van der Waals surface area contributed by atoms with Gasteiger partial charge in [0.05, 0.1) is 24.0 Å². The molecule has 3 heterocycles. The third kappa shape index (κ3) is 3.65. The summed E-state index contributed by atoms with van der Waals surface area (Å²) in [6.07, 6.45) is 1.74. The molecular weight excluding hydrogens is 318 g/mol. The number of carbonyl (C=O) groups excluding carboxylic acids is 1. The lowest BCUT2D eigenvalue weighted by atomic mass is 10.2. The SMILES string of the molecule is CCn1nccc1C(C)NC(=O)c1ccc(Cn2nc(C)cc2C)o1. The maximum Gasteiger partial charge on any atom is 0.287 e. The van der Waals surface area contributed by atoms with Gasteiger partial charge in [-0.1, -0.05) is 0 Å². The average molecular weight is 341 g/mol. The molecule has 1 atom stereocenters. The van der Waals surface area contributed by atoms with Crippen LogP contribution in [-0.4, -0.2) is 25.5 Å². The summed E-state index contributed by atoms with van der Waals surface area (Å²) in [6, 6.07) is 7.27. The molecule has 0 aliphatic carbocycles. The van der Waals surface area contributed by atoms with Crippen molar-refractivity contribution < 1.29 is 9.21 Å². The van der Waals surface area contributed by atoms with Crippen LogP contribution in [0.5, 0.6) is 0 Å². The Morgan fingerprint density at radius 2 is 2.08 bits per heavy atom. The molecule has 0 saturated carbocycles. The number of furan rings is 1. The zero-order valence-corrected chi connectivity index (χ0v) is 15.0. The van der Waals surface area contributed by atoms with Crippen LogP contribution in [0, 0.1) is 13.8 Å². The van der Waals surface area contributed by atoms with Crippen LogP contribution in [0.1, 0.15) is 53.3 Å². The number of hydrogen-bond acceptors (Lipinski definition) is 4. The van der Waals surface area contributed by atoms with E-state index in [1.165, 1.54) is 0 Å². The molecular formula is C18H23N5O2. The lowest BCUT2D eigenvalue weighted by molar-refractivity contribution is 0.0908. The Kier molecular flexibility index (Phi) is 4.74. The number of aromatic nitrogens is 4. The van der Waals surface area contributed by atoms with Gasteiger partial charge in [-0.25, -0.2) is 0 Å². The second-order valence-corrected chi connectivity index (χ2v) is 6.12. The number of nitrogens with zero attached hydrogens (tertiary/aromatic N) is 4. The van der Waals surface area contributed by atoms with Crippen LogP contribution in [0.4, 0.5) is 0 Å². The lowest BCUT2D eigenvalue weighted by Gasteiger charge is -2.14. The van der Waals surface area contributed by atoms with Crippen molar-refractivity contribution in [3.63, 3.8) is 0 Å². The van der Waals surface area contributed by atoms with Crippen LogP contribution in [0.15, 0.2) is 34.9 Å². The standard InChI is InChI=1S/C18H23N5O2/c1-5-22-16(8-9-19-22)14(4)20-18(24)17-7-6-15(25-17)11-23-13(3)10-12(2)21-23/h6-10,14H,5,11H2,1-4H3,(H,20,24). The lowest BCUT2D eigenvalue weighted by Crippen LogP contribution is -2.28. The molecule has 7 heteroatoms. The minimum absolute atomic E-state index is 0.153. The molecule has 132 valence electrons. The second kappa shape index (κ2) is 6.96. The Hall–Kier alpha value is -2.83. The van der Waals surface area contributed by atoms with Crippen LogP contribution >= 0.6 is 0 Å². The van der Waals surface area contributed by atoms with E-state index in [2.05, 4.69) is 15.5 Å². The van der Waals surface area contributed by atoms with Crippen LogP contribution in [-0.2, 0) is 13.1 Å². The molecule has 3 aromatic rings. The number of amides is 1. The van der Waals surface area contributed by atoms with E-state index in [1.807, 2.05) is 55.3 Å². The summed E-state index contributed by atoms with van der Waals surface area (Å²) in [4.78, 5) is 12.4. The fraction of sp³-hybridized carbons (Fsp3) is 0.389. The van der Waals surface area contributed by atoms with Gasteiger partial charge < -0.3 is 9.73 Å². The number of rotatable bonds is 6. The van der Waals surface area contributed by atoms with Gasteiger partial charge in [0.15, 0.2) is 5.76 Å². The first-order valence-electron chi connectivity index (χ1n) is 8.40. The molecule has 0 fully saturated rings. The minimum Gasteiger partial charge on any atom is -0.454 e. The third-order valence-electron chi connectivity index (χ3n) is 4.13. The zero-order chi connectivity index (χ0) is 18.0. The van der Waals surface area contributed by atoms with Gasteiger partial charge in [0, 0.05) is 18.4 Å². The van der Waals surface area contributed by atoms with Gasteiger partial charge in [0.2, 0.25) is 0 Å². The topological polar surface area (TPSA) is 77.9 Å². The predicted octanol–water partition coefficient (Wildman–Crippen LogP) is 2.85. The second-order valence-electron chi connectivity index (χ2n) is 6.12. The molecule has 0 aliphatic rings. The van der Waals surface area contributed by atoms with Gasteiger partial charge in [-0.2, -0.15) is 10.2 Å². The van der Waals surface area contributed by atoms with Gasteiger partial charge in [-0.05, 0) is 52.0 Å². The summed E-state index contributed by atoms with van der Waals surface area (Å²) >= 11 is 0. The quantitative estimate of drug-likeness (QED) is 0.748.